The number of hydrogen-bond donors (Lipinski definition) is 4. The van der Waals surface area contributed by atoms with Crippen LogP contribution in [0.5, 0.6) is 0 Å². The average molecular weight is 358 g/mol. The van der Waals surface area contributed by atoms with Crippen molar-refractivity contribution >= 4 is 23.8 Å². The zero-order valence-electron chi connectivity index (χ0n) is 14.7. The van der Waals surface area contributed by atoms with Gasteiger partial charge in [-0.15, -0.1) is 0 Å². The Morgan fingerprint density at radius 1 is 0.760 bits per heavy atom. The number of carbonyl (C=O) groups is 4. The number of carboxylic acid groups (broad SMARTS) is 2. The number of nitrogens with two attached hydrogens (primary N) is 1. The van der Waals surface area contributed by atoms with Crippen molar-refractivity contribution in [1.29, 1.82) is 0 Å². The zero-order chi connectivity index (χ0) is 19.1. The second-order valence-corrected chi connectivity index (χ2v) is 6.19. The first-order valence-electron chi connectivity index (χ1n) is 8.85. The van der Waals surface area contributed by atoms with Gasteiger partial charge in [-0.1, -0.05) is 38.5 Å². The molecule has 5 N–H and O–H groups in total. The lowest BCUT2D eigenvalue weighted by molar-refractivity contribution is -0.142. The molecule has 0 fully saturated rings. The lowest BCUT2D eigenvalue weighted by Crippen LogP contribution is -2.41. The molecule has 0 saturated heterocycles. The van der Waals surface area contributed by atoms with Crippen LogP contribution in [-0.4, -0.2) is 40.0 Å². The maximum Gasteiger partial charge on any atom is 0.326 e. The van der Waals surface area contributed by atoms with Crippen molar-refractivity contribution in [2.24, 2.45) is 5.73 Å². The summed E-state index contributed by atoms with van der Waals surface area (Å²) in [7, 11) is 0. The highest BCUT2D eigenvalue weighted by atomic mass is 16.4. The molecule has 8 heteroatoms. The van der Waals surface area contributed by atoms with E-state index in [4.69, 9.17) is 15.9 Å². The molecule has 0 spiro atoms. The molecule has 0 bridgehead atoms. The monoisotopic (exact) mass is 358 g/mol. The van der Waals surface area contributed by atoms with Gasteiger partial charge in [0.2, 0.25) is 11.8 Å². The highest BCUT2D eigenvalue weighted by molar-refractivity contribution is 5.84. The van der Waals surface area contributed by atoms with Crippen LogP contribution in [0.3, 0.4) is 0 Å². The number of rotatable bonds is 16. The Bertz CT molecular complexity index is 439. The third-order valence-electron chi connectivity index (χ3n) is 3.86. The van der Waals surface area contributed by atoms with Gasteiger partial charge < -0.3 is 21.3 Å². The molecule has 0 aliphatic heterocycles. The van der Waals surface area contributed by atoms with E-state index in [0.717, 1.165) is 44.9 Å². The first-order valence-corrected chi connectivity index (χ1v) is 8.85. The van der Waals surface area contributed by atoms with Crippen LogP contribution in [0.2, 0.25) is 0 Å². The number of unbranched alkanes of at least 4 members (excludes halogenated alkanes) is 7. The first kappa shape index (κ1) is 22.9. The summed E-state index contributed by atoms with van der Waals surface area (Å²) in [6, 6.07) is -1.08. The molecule has 0 heterocycles. The molecule has 0 radical (unpaired) electrons. The fourth-order valence-corrected chi connectivity index (χ4v) is 2.43. The molecule has 8 nitrogen and oxygen atoms in total. The summed E-state index contributed by atoms with van der Waals surface area (Å²) >= 11 is 0. The molecule has 1 unspecified atom stereocenters. The van der Waals surface area contributed by atoms with E-state index in [1.165, 1.54) is 0 Å². The Hall–Kier alpha value is -2.12. The second kappa shape index (κ2) is 14.2. The molecule has 0 aliphatic rings. The Morgan fingerprint density at radius 3 is 1.68 bits per heavy atom. The molecule has 1 atom stereocenters. The standard InChI is InChI=1S/C17H30N2O6/c18-14(20)12-11-13(17(24)25)19-15(21)9-7-5-3-1-2-4-6-8-10-16(22)23/h13H,1-12H2,(H2,18,20)(H,19,21)(H,22,23)(H,24,25). The molecule has 0 aliphatic carbocycles. The minimum atomic E-state index is -1.17. The second-order valence-electron chi connectivity index (χ2n) is 6.19. The fourth-order valence-electron chi connectivity index (χ4n) is 2.43. The topological polar surface area (TPSA) is 147 Å². The minimum absolute atomic E-state index is 0.00170. The number of nitrogens with one attached hydrogen (secondary N) is 1. The van der Waals surface area contributed by atoms with Crippen LogP contribution in [0.1, 0.15) is 77.0 Å². The number of carboxylic acids is 2. The fraction of sp³-hybridized carbons (Fsp3) is 0.765. The van der Waals surface area contributed by atoms with Gasteiger partial charge in [0.1, 0.15) is 6.04 Å². The smallest absolute Gasteiger partial charge is 0.326 e. The molecule has 0 saturated carbocycles. The van der Waals surface area contributed by atoms with E-state index in [2.05, 4.69) is 5.32 Å². The summed E-state index contributed by atoms with van der Waals surface area (Å²) < 4.78 is 0. The predicted octanol–water partition coefficient (Wildman–Crippen LogP) is 1.81. The van der Waals surface area contributed by atoms with Gasteiger partial charge in [0.15, 0.2) is 0 Å². The van der Waals surface area contributed by atoms with Gasteiger partial charge in [-0.3, -0.25) is 14.4 Å². The summed E-state index contributed by atoms with van der Waals surface area (Å²) in [4.78, 5) is 43.8. The van der Waals surface area contributed by atoms with Crippen LogP contribution in [0.25, 0.3) is 0 Å². The van der Waals surface area contributed by atoms with E-state index in [-0.39, 0.29) is 31.6 Å². The Balaban J connectivity index is 3.63. The Kier molecular flexibility index (Phi) is 13.0. The first-order chi connectivity index (χ1) is 11.8. The van der Waals surface area contributed by atoms with Crippen molar-refractivity contribution in [2.75, 3.05) is 0 Å². The minimum Gasteiger partial charge on any atom is -0.481 e. The number of amides is 2. The van der Waals surface area contributed by atoms with Crippen LogP contribution in [0.4, 0.5) is 0 Å². The normalized spacial score (nSPS) is 11.7. The number of primary amides is 1. The molecule has 0 aromatic carbocycles. The molecule has 2 amide bonds. The molecule has 0 aromatic rings. The van der Waals surface area contributed by atoms with Crippen molar-refractivity contribution in [2.45, 2.75) is 83.1 Å². The number of carbonyl (C=O) groups excluding carboxylic acids is 2. The zero-order valence-corrected chi connectivity index (χ0v) is 14.7. The maximum atomic E-state index is 11.7. The highest BCUT2D eigenvalue weighted by Gasteiger charge is 2.20. The van der Waals surface area contributed by atoms with E-state index < -0.39 is 23.9 Å². The van der Waals surface area contributed by atoms with Crippen molar-refractivity contribution in [3.8, 4) is 0 Å². The predicted molar refractivity (Wildman–Crippen MR) is 91.8 cm³/mol. The van der Waals surface area contributed by atoms with E-state index in [1.807, 2.05) is 0 Å². The van der Waals surface area contributed by atoms with Crippen LogP contribution in [-0.2, 0) is 19.2 Å². The molecule has 25 heavy (non-hydrogen) atoms. The summed E-state index contributed by atoms with van der Waals surface area (Å²) in [5, 5.41) is 19.9. The third kappa shape index (κ3) is 15.2. The molecule has 144 valence electrons. The lowest BCUT2D eigenvalue weighted by atomic mass is 10.1. The van der Waals surface area contributed by atoms with E-state index in [9.17, 15) is 19.2 Å². The molecular weight excluding hydrogens is 328 g/mol. The Morgan fingerprint density at radius 2 is 1.24 bits per heavy atom. The van der Waals surface area contributed by atoms with Crippen LogP contribution >= 0.6 is 0 Å². The van der Waals surface area contributed by atoms with Gasteiger partial charge in [-0.2, -0.15) is 0 Å². The van der Waals surface area contributed by atoms with Crippen LogP contribution < -0.4 is 11.1 Å². The van der Waals surface area contributed by atoms with Crippen molar-refractivity contribution in [1.82, 2.24) is 5.32 Å². The molecular formula is C17H30N2O6. The van der Waals surface area contributed by atoms with Gasteiger partial charge in [0.25, 0.3) is 0 Å². The van der Waals surface area contributed by atoms with Crippen molar-refractivity contribution in [3.63, 3.8) is 0 Å². The number of aliphatic carboxylic acids is 2. The van der Waals surface area contributed by atoms with Gasteiger partial charge >= 0.3 is 11.9 Å². The highest BCUT2D eigenvalue weighted by Crippen LogP contribution is 2.11. The Labute approximate surface area is 148 Å². The van der Waals surface area contributed by atoms with Gasteiger partial charge in [-0.25, -0.2) is 4.79 Å². The van der Waals surface area contributed by atoms with Crippen LogP contribution in [0, 0.1) is 0 Å². The quantitative estimate of drug-likeness (QED) is 0.309. The van der Waals surface area contributed by atoms with E-state index in [1.54, 1.807) is 0 Å². The van der Waals surface area contributed by atoms with Crippen molar-refractivity contribution in [3.05, 3.63) is 0 Å². The van der Waals surface area contributed by atoms with Crippen LogP contribution in [0.15, 0.2) is 0 Å². The average Bonchev–Trinajstić information content (AvgIpc) is 2.52. The summed E-state index contributed by atoms with van der Waals surface area (Å²) in [5.74, 6) is -2.84. The summed E-state index contributed by atoms with van der Waals surface area (Å²) in [6.45, 7) is 0. The SMILES string of the molecule is NC(=O)CCC(NC(=O)CCCCCCCCCCC(=O)O)C(=O)O. The van der Waals surface area contributed by atoms with Crippen molar-refractivity contribution < 1.29 is 29.4 Å². The van der Waals surface area contributed by atoms with E-state index >= 15 is 0 Å². The third-order valence-corrected chi connectivity index (χ3v) is 3.86. The van der Waals surface area contributed by atoms with E-state index in [0.29, 0.717) is 6.42 Å². The molecule has 0 aromatic heterocycles. The van der Waals surface area contributed by atoms with Gasteiger partial charge in [0.05, 0.1) is 0 Å². The lowest BCUT2D eigenvalue weighted by Gasteiger charge is -2.13. The maximum absolute atomic E-state index is 11.7. The summed E-state index contributed by atoms with van der Waals surface area (Å²) in [6.07, 6.45) is 7.75. The van der Waals surface area contributed by atoms with Gasteiger partial charge in [-0.05, 0) is 19.3 Å². The molecule has 0 rings (SSSR count). The largest absolute Gasteiger partial charge is 0.481 e. The van der Waals surface area contributed by atoms with Gasteiger partial charge in [0, 0.05) is 19.3 Å². The number of hydrogen-bond acceptors (Lipinski definition) is 4. The summed E-state index contributed by atoms with van der Waals surface area (Å²) in [5.41, 5.74) is 4.98.